The van der Waals surface area contributed by atoms with Gasteiger partial charge in [0.15, 0.2) is 11.5 Å². The Balaban J connectivity index is 2.07. The Bertz CT molecular complexity index is 1470. The van der Waals surface area contributed by atoms with Crippen LogP contribution in [0.2, 0.25) is 5.02 Å². The van der Waals surface area contributed by atoms with Crippen LogP contribution in [0.25, 0.3) is 5.76 Å². The molecule has 3 aromatic carbocycles. The van der Waals surface area contributed by atoms with E-state index >= 15 is 0 Å². The second-order valence-electron chi connectivity index (χ2n) is 8.24. The number of anilines is 1. The van der Waals surface area contributed by atoms with Gasteiger partial charge in [0.2, 0.25) is 0 Å². The lowest BCUT2D eigenvalue weighted by Crippen LogP contribution is -2.29. The zero-order valence-corrected chi connectivity index (χ0v) is 21.3. The van der Waals surface area contributed by atoms with Crippen LogP contribution >= 0.6 is 11.6 Å². The monoisotopic (exact) mass is 518 g/mol. The molecule has 1 aliphatic rings. The molecule has 1 fully saturated rings. The van der Waals surface area contributed by atoms with Crippen molar-refractivity contribution < 1.29 is 28.9 Å². The fraction of sp³-hybridized carbons (Fsp3) is 0.179. The smallest absolute Gasteiger partial charge is 0.300 e. The SMILES string of the molecule is COc1cccc(C2/C(=C(\O)c3cc(C)cc(Cl)c3OC)C(=O)C(=O)N2c2ccc(C#N)cc2)c1OC. The molecule has 0 saturated carbocycles. The van der Waals surface area contributed by atoms with E-state index in [1.165, 1.54) is 38.4 Å². The molecule has 1 heterocycles. The molecule has 0 bridgehead atoms. The van der Waals surface area contributed by atoms with E-state index in [2.05, 4.69) is 0 Å². The highest BCUT2D eigenvalue weighted by Gasteiger charge is 2.48. The van der Waals surface area contributed by atoms with Crippen molar-refractivity contribution in [2.45, 2.75) is 13.0 Å². The van der Waals surface area contributed by atoms with Gasteiger partial charge in [0.25, 0.3) is 11.7 Å². The summed E-state index contributed by atoms with van der Waals surface area (Å²) in [6, 6.07) is 15.5. The fourth-order valence-electron chi connectivity index (χ4n) is 4.47. The van der Waals surface area contributed by atoms with Gasteiger partial charge >= 0.3 is 0 Å². The predicted molar refractivity (Wildman–Crippen MR) is 138 cm³/mol. The third-order valence-corrected chi connectivity index (χ3v) is 6.37. The number of nitriles is 1. The largest absolute Gasteiger partial charge is 0.507 e. The van der Waals surface area contributed by atoms with Gasteiger partial charge < -0.3 is 19.3 Å². The number of hydrogen-bond donors (Lipinski definition) is 1. The number of ketones is 1. The molecule has 1 atom stereocenters. The Labute approximate surface area is 218 Å². The molecule has 0 aliphatic carbocycles. The average molecular weight is 519 g/mol. The van der Waals surface area contributed by atoms with E-state index in [0.717, 1.165) is 0 Å². The van der Waals surface area contributed by atoms with Crippen LogP contribution < -0.4 is 19.1 Å². The zero-order valence-electron chi connectivity index (χ0n) is 20.5. The van der Waals surface area contributed by atoms with Crippen LogP contribution in [0.4, 0.5) is 5.69 Å². The predicted octanol–water partition coefficient (Wildman–Crippen LogP) is 5.17. The van der Waals surface area contributed by atoms with E-state index in [1.807, 2.05) is 6.07 Å². The normalized spacial score (nSPS) is 16.4. The number of amides is 1. The molecule has 1 N–H and O–H groups in total. The molecule has 8 nitrogen and oxygen atoms in total. The summed E-state index contributed by atoms with van der Waals surface area (Å²) >= 11 is 6.36. The first kappa shape index (κ1) is 25.6. The maximum Gasteiger partial charge on any atom is 0.300 e. The third-order valence-electron chi connectivity index (χ3n) is 6.09. The molecule has 3 aromatic rings. The van der Waals surface area contributed by atoms with Crippen molar-refractivity contribution in [1.29, 1.82) is 5.26 Å². The Morgan fingerprint density at radius 2 is 1.68 bits per heavy atom. The first-order valence-electron chi connectivity index (χ1n) is 11.1. The molecule has 1 saturated heterocycles. The van der Waals surface area contributed by atoms with Gasteiger partial charge in [-0.3, -0.25) is 14.5 Å². The molecular weight excluding hydrogens is 496 g/mol. The second-order valence-corrected chi connectivity index (χ2v) is 8.65. The molecular formula is C28H23ClN2O6. The Hall–Kier alpha value is -4.48. The van der Waals surface area contributed by atoms with Crippen molar-refractivity contribution in [3.05, 3.63) is 87.4 Å². The molecule has 1 amide bonds. The summed E-state index contributed by atoms with van der Waals surface area (Å²) in [6.45, 7) is 1.78. The van der Waals surface area contributed by atoms with E-state index in [1.54, 1.807) is 49.4 Å². The molecule has 0 aromatic heterocycles. The molecule has 188 valence electrons. The van der Waals surface area contributed by atoms with Crippen LogP contribution in [-0.4, -0.2) is 38.1 Å². The molecule has 0 spiro atoms. The number of hydrogen-bond acceptors (Lipinski definition) is 7. The maximum absolute atomic E-state index is 13.5. The number of carbonyl (C=O) groups is 2. The summed E-state index contributed by atoms with van der Waals surface area (Å²) < 4.78 is 16.5. The minimum atomic E-state index is -1.10. The van der Waals surface area contributed by atoms with Gasteiger partial charge in [-0.25, -0.2) is 0 Å². The van der Waals surface area contributed by atoms with Crippen molar-refractivity contribution >= 4 is 34.7 Å². The van der Waals surface area contributed by atoms with Gasteiger partial charge in [0.1, 0.15) is 11.5 Å². The molecule has 0 radical (unpaired) electrons. The molecule has 9 heteroatoms. The van der Waals surface area contributed by atoms with Crippen LogP contribution in [0.5, 0.6) is 17.2 Å². The van der Waals surface area contributed by atoms with Crippen LogP contribution in [0.15, 0.2) is 60.2 Å². The Morgan fingerprint density at radius 3 is 2.27 bits per heavy atom. The average Bonchev–Trinajstić information content (AvgIpc) is 3.17. The van der Waals surface area contributed by atoms with E-state index in [0.29, 0.717) is 28.1 Å². The van der Waals surface area contributed by atoms with E-state index in [9.17, 15) is 20.0 Å². The van der Waals surface area contributed by atoms with Crippen molar-refractivity contribution in [3.63, 3.8) is 0 Å². The number of rotatable bonds is 6. The third kappa shape index (κ3) is 4.34. The molecule has 4 rings (SSSR count). The lowest BCUT2D eigenvalue weighted by molar-refractivity contribution is -0.132. The van der Waals surface area contributed by atoms with Crippen molar-refractivity contribution in [2.24, 2.45) is 0 Å². The highest BCUT2D eigenvalue weighted by Crippen LogP contribution is 2.48. The number of para-hydroxylation sites is 1. The first-order valence-corrected chi connectivity index (χ1v) is 11.5. The standard InChI is InChI=1S/C28H23ClN2O6/c1-15-12-19(26(36-3)20(29)13-15)24(32)22-23(18-6-5-7-21(35-2)27(18)37-4)31(28(34)25(22)33)17-10-8-16(14-30)9-11-17/h5-13,23,32H,1-4H3/b24-22+. The van der Waals surface area contributed by atoms with Gasteiger partial charge in [-0.1, -0.05) is 23.7 Å². The van der Waals surface area contributed by atoms with Gasteiger partial charge in [0, 0.05) is 11.3 Å². The van der Waals surface area contributed by atoms with Crippen LogP contribution in [0.3, 0.4) is 0 Å². The number of carbonyl (C=O) groups excluding carboxylic acids is 2. The highest BCUT2D eigenvalue weighted by atomic mass is 35.5. The first-order chi connectivity index (χ1) is 17.8. The number of aliphatic hydroxyl groups excluding tert-OH is 1. The van der Waals surface area contributed by atoms with E-state index in [4.69, 9.17) is 25.8 Å². The van der Waals surface area contributed by atoms with Crippen LogP contribution in [-0.2, 0) is 9.59 Å². The summed E-state index contributed by atoms with van der Waals surface area (Å²) in [6.07, 6.45) is 0. The van der Waals surface area contributed by atoms with Gasteiger partial charge in [-0.15, -0.1) is 0 Å². The van der Waals surface area contributed by atoms with E-state index < -0.39 is 23.5 Å². The van der Waals surface area contributed by atoms with Crippen molar-refractivity contribution in [2.75, 3.05) is 26.2 Å². The van der Waals surface area contributed by atoms with Gasteiger partial charge in [0.05, 0.1) is 55.2 Å². The topological polar surface area (TPSA) is 109 Å². The Kier molecular flexibility index (Phi) is 7.09. The summed E-state index contributed by atoms with van der Waals surface area (Å²) in [4.78, 5) is 28.3. The summed E-state index contributed by atoms with van der Waals surface area (Å²) in [5, 5.41) is 21.0. The van der Waals surface area contributed by atoms with Crippen molar-refractivity contribution in [3.8, 4) is 23.3 Å². The van der Waals surface area contributed by atoms with Crippen LogP contribution in [0, 0.1) is 18.3 Å². The lowest BCUT2D eigenvalue weighted by atomic mass is 9.93. The number of nitrogens with zero attached hydrogens (tertiary/aromatic N) is 2. The number of ether oxygens (including phenoxy) is 3. The quantitative estimate of drug-likeness (QED) is 0.272. The Morgan fingerprint density at radius 1 is 1.00 bits per heavy atom. The number of halogens is 1. The number of methoxy groups -OCH3 is 3. The zero-order chi connectivity index (χ0) is 26.9. The number of benzene rings is 3. The molecule has 37 heavy (non-hydrogen) atoms. The minimum absolute atomic E-state index is 0.158. The van der Waals surface area contributed by atoms with Crippen molar-refractivity contribution in [1.82, 2.24) is 0 Å². The summed E-state index contributed by atoms with van der Waals surface area (Å²) in [7, 11) is 4.31. The van der Waals surface area contributed by atoms with Crippen LogP contribution in [0.1, 0.15) is 28.3 Å². The van der Waals surface area contributed by atoms with Gasteiger partial charge in [-0.2, -0.15) is 5.26 Å². The number of aryl methyl sites for hydroxylation is 1. The fourth-order valence-corrected chi connectivity index (χ4v) is 4.83. The van der Waals surface area contributed by atoms with E-state index in [-0.39, 0.29) is 27.7 Å². The van der Waals surface area contributed by atoms with Gasteiger partial charge in [-0.05, 0) is 55.0 Å². The summed E-state index contributed by atoms with van der Waals surface area (Å²) in [5.41, 5.74) is 1.84. The highest BCUT2D eigenvalue weighted by molar-refractivity contribution is 6.51. The number of aliphatic hydroxyl groups is 1. The molecule has 1 aliphatic heterocycles. The minimum Gasteiger partial charge on any atom is -0.507 e. The lowest BCUT2D eigenvalue weighted by Gasteiger charge is -2.27. The summed E-state index contributed by atoms with van der Waals surface area (Å²) in [5.74, 6) is -1.40. The molecule has 1 unspecified atom stereocenters. The number of Topliss-reactive ketones (excluding diaryl/α,β-unsaturated/α-hetero) is 1. The second kappa shape index (κ2) is 10.2. The maximum atomic E-state index is 13.5.